The second-order valence-corrected chi connectivity index (χ2v) is 3.88. The zero-order valence-corrected chi connectivity index (χ0v) is 10.3. The number of aryl methyl sites for hydroxylation is 1. The lowest BCUT2D eigenvalue weighted by Gasteiger charge is -2.04. The zero-order valence-electron chi connectivity index (χ0n) is 10.3. The van der Waals surface area contributed by atoms with Gasteiger partial charge in [-0.05, 0) is 31.4 Å². The Morgan fingerprint density at radius 1 is 1.28 bits per heavy atom. The summed E-state index contributed by atoms with van der Waals surface area (Å²) in [4.78, 5) is 27.3. The van der Waals surface area contributed by atoms with Gasteiger partial charge in [0.15, 0.2) is 0 Å². The Morgan fingerprint density at radius 3 is 2.78 bits per heavy atom. The van der Waals surface area contributed by atoms with E-state index in [0.29, 0.717) is 5.56 Å². The number of ether oxygens (including phenoxy) is 1. The summed E-state index contributed by atoms with van der Waals surface area (Å²) in [7, 11) is 0. The highest BCUT2D eigenvalue weighted by atomic mass is 16.5. The molecule has 1 aromatic heterocycles. The first kappa shape index (κ1) is 12.2. The molecule has 0 saturated carbocycles. The molecule has 4 nitrogen and oxygen atoms in total. The second-order valence-electron chi connectivity index (χ2n) is 3.88. The maximum Gasteiger partial charge on any atom is 0.379 e. The van der Waals surface area contributed by atoms with E-state index >= 15 is 0 Å². The number of pyridine rings is 1. The standard InChI is InChI=1S/C14H13NO3/c1-3-18-14(17)13(16)11-5-4-10-6-7-15-9(2)12(10)8-11/h4-8H,3H2,1-2H3. The third-order valence-electron chi connectivity index (χ3n) is 2.69. The Hall–Kier alpha value is -2.23. The van der Waals surface area contributed by atoms with E-state index < -0.39 is 11.8 Å². The third-order valence-corrected chi connectivity index (χ3v) is 2.69. The van der Waals surface area contributed by atoms with Crippen LogP contribution in [-0.2, 0) is 9.53 Å². The molecule has 0 saturated heterocycles. The van der Waals surface area contributed by atoms with E-state index in [-0.39, 0.29) is 6.61 Å². The molecular formula is C14H13NO3. The average Bonchev–Trinajstić information content (AvgIpc) is 2.38. The molecular weight excluding hydrogens is 230 g/mol. The number of hydrogen-bond donors (Lipinski definition) is 0. The molecule has 92 valence electrons. The van der Waals surface area contributed by atoms with Crippen LogP contribution >= 0.6 is 0 Å². The van der Waals surface area contributed by atoms with Gasteiger partial charge in [-0.3, -0.25) is 9.78 Å². The first-order chi connectivity index (χ1) is 8.63. The summed E-state index contributed by atoms with van der Waals surface area (Å²) in [5, 5.41) is 1.86. The molecule has 4 heteroatoms. The lowest BCUT2D eigenvalue weighted by molar-refractivity contribution is -0.137. The van der Waals surface area contributed by atoms with E-state index in [2.05, 4.69) is 4.98 Å². The number of hydrogen-bond acceptors (Lipinski definition) is 4. The largest absolute Gasteiger partial charge is 0.460 e. The van der Waals surface area contributed by atoms with Gasteiger partial charge in [0.1, 0.15) is 0 Å². The van der Waals surface area contributed by atoms with Gasteiger partial charge in [-0.2, -0.15) is 0 Å². The van der Waals surface area contributed by atoms with Crippen LogP contribution in [0, 0.1) is 6.92 Å². The van der Waals surface area contributed by atoms with Gasteiger partial charge >= 0.3 is 5.97 Å². The number of fused-ring (bicyclic) bond motifs is 1. The van der Waals surface area contributed by atoms with Gasteiger partial charge in [-0.1, -0.05) is 12.1 Å². The molecule has 0 bridgehead atoms. The lowest BCUT2D eigenvalue weighted by Crippen LogP contribution is -2.17. The van der Waals surface area contributed by atoms with Crippen molar-refractivity contribution in [2.45, 2.75) is 13.8 Å². The van der Waals surface area contributed by atoms with Gasteiger partial charge in [0.25, 0.3) is 5.78 Å². The highest BCUT2D eigenvalue weighted by molar-refractivity contribution is 6.40. The number of esters is 1. The summed E-state index contributed by atoms with van der Waals surface area (Å²) in [6.07, 6.45) is 1.71. The molecule has 2 rings (SSSR count). The third kappa shape index (κ3) is 2.22. The first-order valence-electron chi connectivity index (χ1n) is 5.70. The van der Waals surface area contributed by atoms with Crippen LogP contribution in [0.5, 0.6) is 0 Å². The SMILES string of the molecule is CCOC(=O)C(=O)c1ccc2ccnc(C)c2c1. The maximum atomic E-state index is 11.8. The van der Waals surface area contributed by atoms with Crippen LogP contribution in [-0.4, -0.2) is 23.3 Å². The van der Waals surface area contributed by atoms with Gasteiger partial charge in [0.05, 0.1) is 6.61 Å². The minimum absolute atomic E-state index is 0.193. The molecule has 1 heterocycles. The molecule has 0 atom stereocenters. The Labute approximate surface area is 105 Å². The van der Waals surface area contributed by atoms with E-state index in [1.54, 1.807) is 31.3 Å². The van der Waals surface area contributed by atoms with E-state index in [9.17, 15) is 9.59 Å². The van der Waals surface area contributed by atoms with Crippen LogP contribution in [0.4, 0.5) is 0 Å². The van der Waals surface area contributed by atoms with Gasteiger partial charge in [0.2, 0.25) is 0 Å². The molecule has 2 aromatic rings. The maximum absolute atomic E-state index is 11.8. The lowest BCUT2D eigenvalue weighted by atomic mass is 10.0. The summed E-state index contributed by atoms with van der Waals surface area (Å²) in [5.41, 5.74) is 1.16. The van der Waals surface area contributed by atoms with Crippen LogP contribution < -0.4 is 0 Å². The molecule has 0 amide bonds. The van der Waals surface area contributed by atoms with Crippen molar-refractivity contribution >= 4 is 22.5 Å². The molecule has 0 aliphatic heterocycles. The van der Waals surface area contributed by atoms with Crippen molar-refractivity contribution in [1.82, 2.24) is 4.98 Å². The van der Waals surface area contributed by atoms with Crippen molar-refractivity contribution in [3.8, 4) is 0 Å². The highest BCUT2D eigenvalue weighted by Gasteiger charge is 2.17. The minimum atomic E-state index is -0.821. The number of carbonyl (C=O) groups excluding carboxylic acids is 2. The van der Waals surface area contributed by atoms with Crippen molar-refractivity contribution in [1.29, 1.82) is 0 Å². The van der Waals surface area contributed by atoms with Crippen molar-refractivity contribution in [3.63, 3.8) is 0 Å². The van der Waals surface area contributed by atoms with E-state index in [1.807, 2.05) is 13.0 Å². The van der Waals surface area contributed by atoms with Crippen LogP contribution in [0.1, 0.15) is 23.0 Å². The number of nitrogens with zero attached hydrogens (tertiary/aromatic N) is 1. The molecule has 0 radical (unpaired) electrons. The van der Waals surface area contributed by atoms with Gasteiger partial charge in [0, 0.05) is 22.8 Å². The van der Waals surface area contributed by atoms with E-state index in [0.717, 1.165) is 16.5 Å². The summed E-state index contributed by atoms with van der Waals surface area (Å²) < 4.78 is 4.70. The average molecular weight is 243 g/mol. The fourth-order valence-corrected chi connectivity index (χ4v) is 1.77. The summed E-state index contributed by atoms with van der Waals surface area (Å²) in [6.45, 7) is 3.72. The first-order valence-corrected chi connectivity index (χ1v) is 5.70. The monoisotopic (exact) mass is 243 g/mol. The van der Waals surface area contributed by atoms with Crippen molar-refractivity contribution in [2.24, 2.45) is 0 Å². The Bertz CT molecular complexity index is 619. The summed E-state index contributed by atoms with van der Waals surface area (Å²) in [5.74, 6) is -1.44. The predicted molar refractivity (Wildman–Crippen MR) is 67.4 cm³/mol. The van der Waals surface area contributed by atoms with Crippen molar-refractivity contribution in [2.75, 3.05) is 6.61 Å². The topological polar surface area (TPSA) is 56.3 Å². The normalized spacial score (nSPS) is 10.3. The molecule has 0 aliphatic rings. The highest BCUT2D eigenvalue weighted by Crippen LogP contribution is 2.18. The number of carbonyl (C=O) groups is 2. The fraction of sp³-hybridized carbons (Fsp3) is 0.214. The molecule has 0 spiro atoms. The summed E-state index contributed by atoms with van der Waals surface area (Å²) >= 11 is 0. The quantitative estimate of drug-likeness (QED) is 0.471. The summed E-state index contributed by atoms with van der Waals surface area (Å²) in [6, 6.07) is 6.97. The predicted octanol–water partition coefficient (Wildman–Crippen LogP) is 2.29. The second kappa shape index (κ2) is 4.96. The van der Waals surface area contributed by atoms with Crippen molar-refractivity contribution in [3.05, 3.63) is 41.7 Å². The molecule has 1 aromatic carbocycles. The van der Waals surface area contributed by atoms with Gasteiger partial charge in [-0.15, -0.1) is 0 Å². The number of benzene rings is 1. The number of aromatic nitrogens is 1. The van der Waals surface area contributed by atoms with Crippen molar-refractivity contribution < 1.29 is 14.3 Å². The van der Waals surface area contributed by atoms with E-state index in [4.69, 9.17) is 4.74 Å². The van der Waals surface area contributed by atoms with Crippen LogP contribution in [0.25, 0.3) is 10.8 Å². The zero-order chi connectivity index (χ0) is 13.1. The van der Waals surface area contributed by atoms with Gasteiger partial charge < -0.3 is 4.74 Å². The van der Waals surface area contributed by atoms with Gasteiger partial charge in [-0.25, -0.2) is 4.79 Å². The molecule has 0 N–H and O–H groups in total. The van der Waals surface area contributed by atoms with Crippen LogP contribution in [0.2, 0.25) is 0 Å². The van der Waals surface area contributed by atoms with Crippen LogP contribution in [0.3, 0.4) is 0 Å². The molecule has 0 unspecified atom stereocenters. The smallest absolute Gasteiger partial charge is 0.379 e. The molecule has 0 aliphatic carbocycles. The fourth-order valence-electron chi connectivity index (χ4n) is 1.77. The van der Waals surface area contributed by atoms with Crippen LogP contribution in [0.15, 0.2) is 30.5 Å². The number of ketones is 1. The Balaban J connectivity index is 2.44. The minimum Gasteiger partial charge on any atom is -0.460 e. The van der Waals surface area contributed by atoms with E-state index in [1.165, 1.54) is 0 Å². The molecule has 18 heavy (non-hydrogen) atoms. The molecule has 0 fully saturated rings. The Morgan fingerprint density at radius 2 is 2.06 bits per heavy atom. The number of rotatable bonds is 3. The Kier molecular flexibility index (Phi) is 3.37. The number of Topliss-reactive ketones (excluding diaryl/α,β-unsaturated/α-hetero) is 1.